The summed E-state index contributed by atoms with van der Waals surface area (Å²) in [6, 6.07) is 19.0. The second kappa shape index (κ2) is 11.9. The summed E-state index contributed by atoms with van der Waals surface area (Å²) < 4.78 is 5.16. The third-order valence-electron chi connectivity index (χ3n) is 4.95. The van der Waals surface area contributed by atoms with E-state index >= 15 is 0 Å². The van der Waals surface area contributed by atoms with Gasteiger partial charge in [0.25, 0.3) is 11.8 Å². The first kappa shape index (κ1) is 25.6. The molecule has 0 aromatic heterocycles. The van der Waals surface area contributed by atoms with E-state index in [1.807, 2.05) is 13.8 Å². The summed E-state index contributed by atoms with van der Waals surface area (Å²) in [5.74, 6) is -1.86. The number of esters is 1. The van der Waals surface area contributed by atoms with Gasteiger partial charge < -0.3 is 15.4 Å². The van der Waals surface area contributed by atoms with Crippen molar-refractivity contribution in [3.63, 3.8) is 0 Å². The van der Waals surface area contributed by atoms with Gasteiger partial charge in [-0.3, -0.25) is 14.4 Å². The number of hydrogen-bond donors (Lipinski definition) is 2. The Morgan fingerprint density at radius 3 is 2.09 bits per heavy atom. The second-order valence-electron chi connectivity index (χ2n) is 8.16. The van der Waals surface area contributed by atoms with Gasteiger partial charge in [-0.1, -0.05) is 55.8 Å². The fourth-order valence-electron chi connectivity index (χ4n) is 3.19. The molecule has 0 aliphatic heterocycles. The monoisotopic (exact) mass is 492 g/mol. The maximum Gasteiger partial charge on any atom is 0.339 e. The molecule has 0 saturated heterocycles. The molecule has 3 aromatic carbocycles. The first-order valence-electron chi connectivity index (χ1n) is 11.0. The van der Waals surface area contributed by atoms with Crippen molar-refractivity contribution in [2.45, 2.75) is 13.8 Å². The summed E-state index contributed by atoms with van der Waals surface area (Å²) in [5, 5.41) is 5.89. The van der Waals surface area contributed by atoms with Gasteiger partial charge in [-0.25, -0.2) is 4.79 Å². The standard InChI is InChI=1S/C27H25ClN2O5/c1-17(2)15-29-26(33)22-9-5-6-10-23(22)30-24(31)16-35-27(34)21-8-4-3-7-20(21)25(32)18-11-13-19(28)14-12-18/h3-14,17H,15-16H2,1-2H3,(H,29,33)(H,30,31). The molecule has 0 aliphatic carbocycles. The highest BCUT2D eigenvalue weighted by molar-refractivity contribution is 6.30. The number of amides is 2. The minimum absolute atomic E-state index is 0.0358. The highest BCUT2D eigenvalue weighted by atomic mass is 35.5. The van der Waals surface area contributed by atoms with Gasteiger partial charge in [-0.15, -0.1) is 0 Å². The summed E-state index contributed by atoms with van der Waals surface area (Å²) in [4.78, 5) is 50.5. The van der Waals surface area contributed by atoms with Crippen LogP contribution in [0.5, 0.6) is 0 Å². The average molecular weight is 493 g/mol. The van der Waals surface area contributed by atoms with Gasteiger partial charge in [0.15, 0.2) is 12.4 Å². The van der Waals surface area contributed by atoms with Crippen LogP contribution in [-0.2, 0) is 9.53 Å². The number of anilines is 1. The molecule has 3 aromatic rings. The lowest BCUT2D eigenvalue weighted by molar-refractivity contribution is -0.119. The summed E-state index contributed by atoms with van der Waals surface area (Å²) >= 11 is 5.88. The van der Waals surface area contributed by atoms with Crippen molar-refractivity contribution < 1.29 is 23.9 Å². The quantitative estimate of drug-likeness (QED) is 0.331. The number of ketones is 1. The lowest BCUT2D eigenvalue weighted by Gasteiger charge is -2.13. The number of carbonyl (C=O) groups is 4. The predicted octanol–water partition coefficient (Wildman–Crippen LogP) is 4.75. The molecule has 35 heavy (non-hydrogen) atoms. The molecule has 0 heterocycles. The third-order valence-corrected chi connectivity index (χ3v) is 5.20. The SMILES string of the molecule is CC(C)CNC(=O)c1ccccc1NC(=O)COC(=O)c1ccccc1C(=O)c1ccc(Cl)cc1. The Balaban J connectivity index is 1.66. The van der Waals surface area contributed by atoms with E-state index in [-0.39, 0.29) is 28.7 Å². The predicted molar refractivity (Wildman–Crippen MR) is 134 cm³/mol. The molecular weight excluding hydrogens is 468 g/mol. The largest absolute Gasteiger partial charge is 0.452 e. The van der Waals surface area contributed by atoms with E-state index in [1.165, 1.54) is 12.1 Å². The van der Waals surface area contributed by atoms with Crippen LogP contribution >= 0.6 is 11.6 Å². The molecule has 0 bridgehead atoms. The minimum atomic E-state index is -0.818. The maximum atomic E-state index is 12.9. The number of nitrogens with one attached hydrogen (secondary N) is 2. The van der Waals surface area contributed by atoms with E-state index in [2.05, 4.69) is 10.6 Å². The van der Waals surface area contributed by atoms with Crippen LogP contribution in [0.2, 0.25) is 5.02 Å². The Morgan fingerprint density at radius 2 is 1.43 bits per heavy atom. The van der Waals surface area contributed by atoms with E-state index in [0.29, 0.717) is 28.4 Å². The number of halogens is 1. The van der Waals surface area contributed by atoms with E-state index in [0.717, 1.165) is 0 Å². The van der Waals surface area contributed by atoms with Crippen LogP contribution in [-0.4, -0.2) is 36.7 Å². The van der Waals surface area contributed by atoms with Crippen LogP contribution < -0.4 is 10.6 Å². The zero-order valence-corrected chi connectivity index (χ0v) is 20.1. The highest BCUT2D eigenvalue weighted by Crippen LogP contribution is 2.18. The fourth-order valence-corrected chi connectivity index (χ4v) is 3.32. The van der Waals surface area contributed by atoms with Crippen molar-refractivity contribution in [1.82, 2.24) is 5.32 Å². The molecule has 3 rings (SSSR count). The Kier molecular flexibility index (Phi) is 8.75. The first-order valence-corrected chi connectivity index (χ1v) is 11.4. The second-order valence-corrected chi connectivity index (χ2v) is 8.59. The smallest absolute Gasteiger partial charge is 0.339 e. The summed E-state index contributed by atoms with van der Waals surface area (Å²) in [6.07, 6.45) is 0. The van der Waals surface area contributed by atoms with Crippen molar-refractivity contribution in [3.8, 4) is 0 Å². The molecule has 0 aliphatic rings. The molecule has 180 valence electrons. The van der Waals surface area contributed by atoms with E-state index in [1.54, 1.807) is 60.7 Å². The molecule has 0 saturated carbocycles. The lowest BCUT2D eigenvalue weighted by atomic mass is 9.98. The van der Waals surface area contributed by atoms with Gasteiger partial charge in [0.05, 0.1) is 16.8 Å². The molecule has 0 fully saturated rings. The van der Waals surface area contributed by atoms with Crippen molar-refractivity contribution in [2.75, 3.05) is 18.5 Å². The molecule has 0 unspecified atom stereocenters. The van der Waals surface area contributed by atoms with Crippen LogP contribution in [0.25, 0.3) is 0 Å². The van der Waals surface area contributed by atoms with Crippen LogP contribution in [0, 0.1) is 5.92 Å². The molecule has 2 amide bonds. The number of ether oxygens (including phenoxy) is 1. The van der Waals surface area contributed by atoms with Crippen molar-refractivity contribution in [1.29, 1.82) is 0 Å². The summed E-state index contributed by atoms with van der Waals surface area (Å²) in [5.41, 5.74) is 1.14. The van der Waals surface area contributed by atoms with Gasteiger partial charge in [0.2, 0.25) is 0 Å². The molecular formula is C27H25ClN2O5. The van der Waals surface area contributed by atoms with E-state index in [9.17, 15) is 19.2 Å². The third kappa shape index (κ3) is 7.01. The van der Waals surface area contributed by atoms with Crippen molar-refractivity contribution >= 4 is 40.9 Å². The van der Waals surface area contributed by atoms with E-state index in [4.69, 9.17) is 16.3 Å². The number of rotatable bonds is 9. The van der Waals surface area contributed by atoms with Gasteiger partial charge >= 0.3 is 5.97 Å². The zero-order valence-electron chi connectivity index (χ0n) is 19.3. The average Bonchev–Trinajstić information content (AvgIpc) is 2.86. The lowest BCUT2D eigenvalue weighted by Crippen LogP contribution is -2.29. The molecule has 0 radical (unpaired) electrons. The van der Waals surface area contributed by atoms with Crippen molar-refractivity contribution in [3.05, 3.63) is 100 Å². The van der Waals surface area contributed by atoms with Crippen LogP contribution in [0.15, 0.2) is 72.8 Å². The first-order chi connectivity index (χ1) is 16.8. The maximum absolute atomic E-state index is 12.9. The molecule has 8 heteroatoms. The molecule has 7 nitrogen and oxygen atoms in total. The topological polar surface area (TPSA) is 102 Å². The Labute approximate surface area is 208 Å². The van der Waals surface area contributed by atoms with Crippen LogP contribution in [0.3, 0.4) is 0 Å². The van der Waals surface area contributed by atoms with Gasteiger partial charge in [-0.05, 0) is 48.4 Å². The fraction of sp³-hybridized carbons (Fsp3) is 0.185. The van der Waals surface area contributed by atoms with Crippen LogP contribution in [0.1, 0.15) is 50.5 Å². The number of para-hydroxylation sites is 1. The van der Waals surface area contributed by atoms with Gasteiger partial charge in [0.1, 0.15) is 0 Å². The van der Waals surface area contributed by atoms with Gasteiger partial charge in [-0.2, -0.15) is 0 Å². The Morgan fingerprint density at radius 1 is 0.829 bits per heavy atom. The highest BCUT2D eigenvalue weighted by Gasteiger charge is 2.20. The zero-order chi connectivity index (χ0) is 25.4. The minimum Gasteiger partial charge on any atom is -0.452 e. The van der Waals surface area contributed by atoms with Crippen LogP contribution in [0.4, 0.5) is 5.69 Å². The summed E-state index contributed by atoms with van der Waals surface area (Å²) in [7, 11) is 0. The Bertz CT molecular complexity index is 1240. The summed E-state index contributed by atoms with van der Waals surface area (Å²) in [6.45, 7) is 3.85. The molecule has 2 N–H and O–H groups in total. The number of carbonyl (C=O) groups excluding carboxylic acids is 4. The van der Waals surface area contributed by atoms with E-state index < -0.39 is 18.5 Å². The number of benzene rings is 3. The normalized spacial score (nSPS) is 10.5. The Hall–Kier alpha value is -3.97. The molecule has 0 atom stereocenters. The van der Waals surface area contributed by atoms with Gasteiger partial charge in [0, 0.05) is 22.7 Å². The van der Waals surface area contributed by atoms with Crippen molar-refractivity contribution in [2.24, 2.45) is 5.92 Å². The molecule has 0 spiro atoms. The number of hydrogen-bond acceptors (Lipinski definition) is 5.